The quantitative estimate of drug-likeness (QED) is 0.898. The maximum absolute atomic E-state index is 12.0. The highest BCUT2D eigenvalue weighted by atomic mass is 16.6. The molecule has 1 aliphatic heterocycles. The summed E-state index contributed by atoms with van der Waals surface area (Å²) in [6.45, 7) is 8.89. The van der Waals surface area contributed by atoms with Crippen molar-refractivity contribution in [1.29, 1.82) is 0 Å². The summed E-state index contributed by atoms with van der Waals surface area (Å²) < 4.78 is 5.37. The van der Waals surface area contributed by atoms with E-state index in [0.717, 1.165) is 17.9 Å². The van der Waals surface area contributed by atoms with Gasteiger partial charge in [0.05, 0.1) is 0 Å². The third kappa shape index (κ3) is 4.08. The van der Waals surface area contributed by atoms with Crippen LogP contribution in [0.4, 0.5) is 10.6 Å². The number of likely N-dealkylation sites (tertiary alicyclic amines) is 1. The van der Waals surface area contributed by atoms with Gasteiger partial charge in [0.2, 0.25) is 0 Å². The van der Waals surface area contributed by atoms with E-state index >= 15 is 0 Å². The van der Waals surface area contributed by atoms with Gasteiger partial charge in [-0.05, 0) is 34.1 Å². The summed E-state index contributed by atoms with van der Waals surface area (Å²) in [5.41, 5.74) is 0.469. The van der Waals surface area contributed by atoms with Gasteiger partial charge in [-0.2, -0.15) is 0 Å². The number of amides is 1. The van der Waals surface area contributed by atoms with E-state index in [1.54, 1.807) is 4.90 Å². The molecule has 1 atom stereocenters. The zero-order valence-corrected chi connectivity index (χ0v) is 12.5. The minimum absolute atomic E-state index is 0.205. The van der Waals surface area contributed by atoms with E-state index in [0.29, 0.717) is 13.1 Å². The average Bonchev–Trinajstić information content (AvgIpc) is 2.75. The molecule has 1 aromatic rings. The van der Waals surface area contributed by atoms with Crippen LogP contribution in [0.2, 0.25) is 0 Å². The number of hydrogen-bond donors (Lipinski definition) is 1. The van der Waals surface area contributed by atoms with Crippen LogP contribution in [0.3, 0.4) is 0 Å². The summed E-state index contributed by atoms with van der Waals surface area (Å²) in [7, 11) is 0. The third-order valence-electron chi connectivity index (χ3n) is 3.00. The van der Waals surface area contributed by atoms with Crippen LogP contribution in [0.25, 0.3) is 0 Å². The first-order chi connectivity index (χ1) is 9.33. The highest BCUT2D eigenvalue weighted by molar-refractivity contribution is 5.68. The van der Waals surface area contributed by atoms with E-state index in [-0.39, 0.29) is 12.1 Å². The van der Waals surface area contributed by atoms with Crippen LogP contribution in [-0.4, -0.2) is 45.7 Å². The zero-order chi connectivity index (χ0) is 14.8. The van der Waals surface area contributed by atoms with Crippen molar-refractivity contribution in [3.05, 3.63) is 18.1 Å². The fourth-order valence-electron chi connectivity index (χ4n) is 2.11. The summed E-state index contributed by atoms with van der Waals surface area (Å²) >= 11 is 0. The van der Waals surface area contributed by atoms with Crippen LogP contribution < -0.4 is 5.32 Å². The highest BCUT2D eigenvalue weighted by Gasteiger charge is 2.29. The van der Waals surface area contributed by atoms with Gasteiger partial charge in [0, 0.05) is 30.9 Å². The Labute approximate surface area is 119 Å². The maximum atomic E-state index is 12.0. The highest BCUT2D eigenvalue weighted by Crippen LogP contribution is 2.17. The van der Waals surface area contributed by atoms with E-state index in [1.165, 1.54) is 6.33 Å². The van der Waals surface area contributed by atoms with Crippen molar-refractivity contribution >= 4 is 11.9 Å². The van der Waals surface area contributed by atoms with E-state index in [1.807, 2.05) is 33.8 Å². The average molecular weight is 278 g/mol. The lowest BCUT2D eigenvalue weighted by molar-refractivity contribution is 0.0293. The molecule has 1 amide bonds. The zero-order valence-electron chi connectivity index (χ0n) is 12.5. The largest absolute Gasteiger partial charge is 0.444 e. The minimum atomic E-state index is -0.452. The Morgan fingerprint density at radius 3 is 2.85 bits per heavy atom. The van der Waals surface area contributed by atoms with Crippen molar-refractivity contribution < 1.29 is 9.53 Å². The first kappa shape index (κ1) is 14.6. The fraction of sp³-hybridized carbons (Fsp3) is 0.643. The Morgan fingerprint density at radius 1 is 1.45 bits per heavy atom. The van der Waals surface area contributed by atoms with Gasteiger partial charge in [0.25, 0.3) is 0 Å². The van der Waals surface area contributed by atoms with Crippen LogP contribution in [-0.2, 0) is 4.74 Å². The lowest BCUT2D eigenvalue weighted by atomic mass is 10.2. The summed E-state index contributed by atoms with van der Waals surface area (Å²) in [4.78, 5) is 21.9. The van der Waals surface area contributed by atoms with Crippen LogP contribution in [0.15, 0.2) is 12.4 Å². The van der Waals surface area contributed by atoms with Gasteiger partial charge >= 0.3 is 6.09 Å². The number of rotatable bonds is 2. The lowest BCUT2D eigenvalue weighted by Crippen LogP contribution is -2.36. The number of nitrogens with zero attached hydrogens (tertiary/aromatic N) is 3. The van der Waals surface area contributed by atoms with E-state index < -0.39 is 5.60 Å². The normalized spacial score (nSPS) is 19.0. The molecule has 1 unspecified atom stereocenters. The van der Waals surface area contributed by atoms with Crippen molar-refractivity contribution in [3.8, 4) is 0 Å². The molecule has 0 spiro atoms. The second kappa shape index (κ2) is 5.64. The van der Waals surface area contributed by atoms with E-state index in [4.69, 9.17) is 4.74 Å². The Balaban J connectivity index is 1.88. The molecular formula is C14H22N4O2. The summed E-state index contributed by atoms with van der Waals surface area (Å²) in [6, 6.07) is 2.10. The monoisotopic (exact) mass is 278 g/mol. The van der Waals surface area contributed by atoms with Crippen LogP contribution in [0, 0.1) is 6.92 Å². The van der Waals surface area contributed by atoms with Crippen molar-refractivity contribution in [1.82, 2.24) is 14.9 Å². The second-order valence-electron chi connectivity index (χ2n) is 6.10. The lowest BCUT2D eigenvalue weighted by Gasteiger charge is -2.24. The Hall–Kier alpha value is -1.85. The molecule has 0 aromatic carbocycles. The maximum Gasteiger partial charge on any atom is 0.410 e. The van der Waals surface area contributed by atoms with Gasteiger partial charge in [0.1, 0.15) is 17.7 Å². The molecule has 0 aliphatic carbocycles. The van der Waals surface area contributed by atoms with Crippen molar-refractivity contribution in [2.45, 2.75) is 45.8 Å². The number of anilines is 1. The molecule has 6 nitrogen and oxygen atoms in total. The van der Waals surface area contributed by atoms with Gasteiger partial charge in [-0.3, -0.25) is 0 Å². The van der Waals surface area contributed by atoms with Crippen LogP contribution >= 0.6 is 0 Å². The first-order valence-corrected chi connectivity index (χ1v) is 6.86. The molecule has 1 N–H and O–H groups in total. The molecule has 0 bridgehead atoms. The number of ether oxygens (including phenoxy) is 1. The predicted molar refractivity (Wildman–Crippen MR) is 76.6 cm³/mol. The number of aromatic nitrogens is 2. The van der Waals surface area contributed by atoms with Crippen molar-refractivity contribution in [2.75, 3.05) is 18.4 Å². The summed E-state index contributed by atoms with van der Waals surface area (Å²) in [5.74, 6) is 0.800. The smallest absolute Gasteiger partial charge is 0.410 e. The predicted octanol–water partition coefficient (Wildman–Crippen LogP) is 2.21. The van der Waals surface area contributed by atoms with Gasteiger partial charge in [-0.15, -0.1) is 0 Å². The standard InChI is InChI=1S/C14H22N4O2/c1-10-7-12(16-9-15-10)17-11-5-6-18(8-11)13(19)20-14(2,3)4/h7,9,11H,5-6,8H2,1-4H3,(H,15,16,17). The third-order valence-corrected chi connectivity index (χ3v) is 3.00. The van der Waals surface area contributed by atoms with Crippen molar-refractivity contribution in [3.63, 3.8) is 0 Å². The molecule has 0 saturated carbocycles. The molecule has 1 fully saturated rings. The van der Waals surface area contributed by atoms with Gasteiger partial charge in [-0.1, -0.05) is 0 Å². The Morgan fingerprint density at radius 2 is 2.20 bits per heavy atom. The number of hydrogen-bond acceptors (Lipinski definition) is 5. The first-order valence-electron chi connectivity index (χ1n) is 6.86. The summed E-state index contributed by atoms with van der Waals surface area (Å²) in [5, 5.41) is 3.33. The SMILES string of the molecule is Cc1cc(NC2CCN(C(=O)OC(C)(C)C)C2)ncn1. The molecule has 2 rings (SSSR count). The Bertz CT molecular complexity index is 484. The number of aryl methyl sites for hydroxylation is 1. The molecule has 20 heavy (non-hydrogen) atoms. The second-order valence-corrected chi connectivity index (χ2v) is 6.10. The topological polar surface area (TPSA) is 67.4 Å². The Kier molecular flexibility index (Phi) is 4.11. The molecular weight excluding hydrogens is 256 g/mol. The molecule has 2 heterocycles. The van der Waals surface area contributed by atoms with Gasteiger partial charge < -0.3 is 15.0 Å². The van der Waals surface area contributed by atoms with Crippen LogP contribution in [0.5, 0.6) is 0 Å². The molecule has 0 radical (unpaired) electrons. The number of carbonyl (C=O) groups excluding carboxylic acids is 1. The van der Waals surface area contributed by atoms with Gasteiger partial charge in [-0.25, -0.2) is 14.8 Å². The molecule has 1 aliphatic rings. The minimum Gasteiger partial charge on any atom is -0.444 e. The van der Waals surface area contributed by atoms with E-state index in [9.17, 15) is 4.79 Å². The number of nitrogens with one attached hydrogen (secondary N) is 1. The molecule has 6 heteroatoms. The van der Waals surface area contributed by atoms with Crippen LogP contribution in [0.1, 0.15) is 32.9 Å². The molecule has 1 saturated heterocycles. The molecule has 110 valence electrons. The fourth-order valence-corrected chi connectivity index (χ4v) is 2.11. The molecule has 1 aromatic heterocycles. The van der Waals surface area contributed by atoms with Gasteiger partial charge in [0.15, 0.2) is 0 Å². The number of carbonyl (C=O) groups is 1. The van der Waals surface area contributed by atoms with E-state index in [2.05, 4.69) is 15.3 Å². The summed E-state index contributed by atoms with van der Waals surface area (Å²) in [6.07, 6.45) is 2.18. The van der Waals surface area contributed by atoms with Crippen molar-refractivity contribution in [2.24, 2.45) is 0 Å².